The second-order valence-corrected chi connectivity index (χ2v) is 23.8. The molecule has 0 aromatic heterocycles. The summed E-state index contributed by atoms with van der Waals surface area (Å²) in [6, 6.07) is 0. The average molecular weight is 1140 g/mol. The number of esters is 3. The third-order valence-electron chi connectivity index (χ3n) is 15.6. The summed E-state index contributed by atoms with van der Waals surface area (Å²) in [5.74, 6) is -0.935. The van der Waals surface area contributed by atoms with Crippen molar-refractivity contribution in [2.24, 2.45) is 0 Å². The van der Waals surface area contributed by atoms with Gasteiger partial charge in [-0.15, -0.1) is 0 Å². The van der Waals surface area contributed by atoms with Crippen LogP contribution in [-0.4, -0.2) is 37.2 Å². The predicted molar refractivity (Wildman–Crippen MR) is 358 cm³/mol. The van der Waals surface area contributed by atoms with E-state index in [2.05, 4.69) is 106 Å². The quantitative estimate of drug-likeness (QED) is 0.0261. The SMILES string of the molecule is CC/C=C\C/C=C\C/C=C\C/C=C\C/C=C\CCCC(=O)OCC(COC(=O)CCCCCCCCCCCCCCCCCCCCCCCCCC)OC(=O)CCCCCCCCCCCCC/C=C\C/C=C\CCCCCCC. The number of unbranched alkanes of at least 4 members (excludes halogenated alkanes) is 40. The van der Waals surface area contributed by atoms with Gasteiger partial charge in [0.15, 0.2) is 6.10 Å². The highest BCUT2D eigenvalue weighted by Crippen LogP contribution is 2.18. The Hall–Kier alpha value is -3.41. The molecule has 474 valence electrons. The predicted octanol–water partition coefficient (Wildman–Crippen LogP) is 24.6. The molecule has 0 rings (SSSR count). The first-order valence-corrected chi connectivity index (χ1v) is 35.6. The fourth-order valence-corrected chi connectivity index (χ4v) is 10.3. The van der Waals surface area contributed by atoms with E-state index < -0.39 is 6.10 Å². The van der Waals surface area contributed by atoms with Gasteiger partial charge in [-0.3, -0.25) is 14.4 Å². The van der Waals surface area contributed by atoms with Gasteiger partial charge in [0.1, 0.15) is 13.2 Å². The molecule has 0 saturated carbocycles. The lowest BCUT2D eigenvalue weighted by Crippen LogP contribution is -2.30. The molecule has 0 radical (unpaired) electrons. The number of hydrogen-bond acceptors (Lipinski definition) is 6. The van der Waals surface area contributed by atoms with Crippen molar-refractivity contribution in [3.05, 3.63) is 85.1 Å². The Kier molecular flexibility index (Phi) is 67.2. The summed E-state index contributed by atoms with van der Waals surface area (Å²) in [5, 5.41) is 0. The molecule has 82 heavy (non-hydrogen) atoms. The fourth-order valence-electron chi connectivity index (χ4n) is 10.3. The Morgan fingerprint density at radius 2 is 0.488 bits per heavy atom. The lowest BCUT2D eigenvalue weighted by molar-refractivity contribution is -0.167. The number of rotatable bonds is 65. The molecule has 0 fully saturated rings. The number of ether oxygens (including phenoxy) is 3. The highest BCUT2D eigenvalue weighted by molar-refractivity contribution is 5.71. The van der Waals surface area contributed by atoms with E-state index in [-0.39, 0.29) is 37.5 Å². The number of hydrogen-bond donors (Lipinski definition) is 0. The van der Waals surface area contributed by atoms with Crippen molar-refractivity contribution < 1.29 is 28.6 Å². The van der Waals surface area contributed by atoms with E-state index in [1.165, 1.54) is 231 Å². The molecule has 0 saturated heterocycles. The summed E-state index contributed by atoms with van der Waals surface area (Å²) < 4.78 is 17.0. The van der Waals surface area contributed by atoms with Crippen LogP contribution >= 0.6 is 0 Å². The zero-order valence-electron chi connectivity index (χ0n) is 54.5. The molecule has 0 aromatic rings. The van der Waals surface area contributed by atoms with Crippen molar-refractivity contribution in [2.75, 3.05) is 13.2 Å². The molecule has 0 aliphatic carbocycles. The normalized spacial score (nSPS) is 12.6. The summed E-state index contributed by atoms with van der Waals surface area (Å²) >= 11 is 0. The topological polar surface area (TPSA) is 78.9 Å². The molecule has 0 spiro atoms. The van der Waals surface area contributed by atoms with E-state index in [1.807, 2.05) is 0 Å². The van der Waals surface area contributed by atoms with Crippen molar-refractivity contribution in [2.45, 2.75) is 367 Å². The molecule has 0 aliphatic rings. The highest BCUT2D eigenvalue weighted by atomic mass is 16.6. The van der Waals surface area contributed by atoms with Gasteiger partial charge in [-0.2, -0.15) is 0 Å². The first-order chi connectivity index (χ1) is 40.5. The Morgan fingerprint density at radius 1 is 0.256 bits per heavy atom. The maximum atomic E-state index is 13.0. The molecule has 6 heteroatoms. The molecule has 0 amide bonds. The number of carbonyl (C=O) groups excluding carboxylic acids is 3. The van der Waals surface area contributed by atoms with Crippen LogP contribution in [0.1, 0.15) is 361 Å². The van der Waals surface area contributed by atoms with E-state index >= 15 is 0 Å². The van der Waals surface area contributed by atoms with E-state index in [0.717, 1.165) is 83.5 Å². The Balaban J connectivity index is 4.37. The van der Waals surface area contributed by atoms with Crippen molar-refractivity contribution in [1.82, 2.24) is 0 Å². The molecule has 0 N–H and O–H groups in total. The van der Waals surface area contributed by atoms with Gasteiger partial charge in [-0.05, 0) is 89.9 Å². The lowest BCUT2D eigenvalue weighted by atomic mass is 10.0. The van der Waals surface area contributed by atoms with Crippen LogP contribution in [0.15, 0.2) is 85.1 Å². The first-order valence-electron chi connectivity index (χ1n) is 35.6. The molecular formula is C76H134O6. The minimum Gasteiger partial charge on any atom is -0.462 e. The van der Waals surface area contributed by atoms with Gasteiger partial charge < -0.3 is 14.2 Å². The molecule has 0 aliphatic heterocycles. The zero-order chi connectivity index (χ0) is 59.2. The second-order valence-electron chi connectivity index (χ2n) is 23.8. The zero-order valence-corrected chi connectivity index (χ0v) is 54.5. The van der Waals surface area contributed by atoms with Gasteiger partial charge in [-0.1, -0.05) is 337 Å². The van der Waals surface area contributed by atoms with Crippen LogP contribution in [0, 0.1) is 0 Å². The molecular weight excluding hydrogens is 1010 g/mol. The smallest absolute Gasteiger partial charge is 0.306 e. The first kappa shape index (κ1) is 78.6. The monoisotopic (exact) mass is 1140 g/mol. The van der Waals surface area contributed by atoms with E-state index in [4.69, 9.17) is 14.2 Å². The van der Waals surface area contributed by atoms with Crippen LogP contribution < -0.4 is 0 Å². The summed E-state index contributed by atoms with van der Waals surface area (Å²) in [5.41, 5.74) is 0. The Morgan fingerprint density at radius 3 is 0.793 bits per heavy atom. The molecule has 1 unspecified atom stereocenters. The Bertz CT molecular complexity index is 1550. The summed E-state index contributed by atoms with van der Waals surface area (Å²) in [6.07, 6.45) is 93.3. The molecule has 0 heterocycles. The number of allylic oxidation sites excluding steroid dienone is 14. The fraction of sp³-hybridized carbons (Fsp3) is 0.776. The summed E-state index contributed by atoms with van der Waals surface area (Å²) in [6.45, 7) is 6.52. The van der Waals surface area contributed by atoms with Gasteiger partial charge in [0.05, 0.1) is 0 Å². The van der Waals surface area contributed by atoms with E-state index in [9.17, 15) is 14.4 Å². The van der Waals surface area contributed by atoms with Crippen molar-refractivity contribution in [3.8, 4) is 0 Å². The van der Waals surface area contributed by atoms with E-state index in [1.54, 1.807) is 0 Å². The molecule has 0 bridgehead atoms. The van der Waals surface area contributed by atoms with E-state index in [0.29, 0.717) is 19.3 Å². The standard InChI is InChI=1S/C76H134O6/c1-4-7-10-13-16-19-22-25-28-31-33-35-37-39-40-42-45-48-51-54-57-60-63-66-69-75(78)81-72-73(71-80-74(77)68-65-62-59-56-53-50-47-44-30-27-24-21-18-15-12-9-6-3)82-76(79)70-67-64-61-58-55-52-49-46-43-41-38-36-34-32-29-26-23-20-17-14-11-8-5-2/h9,12,18,21,23,26-27,30,32,34,47,50,56,59,73H,4-8,10-11,13-17,19-20,22,24-25,28-29,31,33,35-46,48-49,51-55,57-58,60-72H2,1-3H3/b12-9-,21-18-,26-23-,30-27-,34-32-,50-47-,59-56-. The lowest BCUT2D eigenvalue weighted by Gasteiger charge is -2.18. The molecule has 0 aromatic carbocycles. The van der Waals surface area contributed by atoms with Gasteiger partial charge in [0.2, 0.25) is 0 Å². The van der Waals surface area contributed by atoms with Crippen LogP contribution in [0.5, 0.6) is 0 Å². The van der Waals surface area contributed by atoms with Gasteiger partial charge in [-0.25, -0.2) is 0 Å². The summed E-state index contributed by atoms with van der Waals surface area (Å²) in [7, 11) is 0. The Labute approximate surface area is 509 Å². The summed E-state index contributed by atoms with van der Waals surface area (Å²) in [4.78, 5) is 38.5. The third kappa shape index (κ3) is 67.4. The van der Waals surface area contributed by atoms with Crippen LogP contribution in [-0.2, 0) is 28.6 Å². The van der Waals surface area contributed by atoms with Gasteiger partial charge in [0.25, 0.3) is 0 Å². The van der Waals surface area contributed by atoms with Crippen LogP contribution in [0.4, 0.5) is 0 Å². The maximum Gasteiger partial charge on any atom is 0.306 e. The minimum absolute atomic E-state index is 0.0917. The highest BCUT2D eigenvalue weighted by Gasteiger charge is 2.19. The molecule has 1 atom stereocenters. The van der Waals surface area contributed by atoms with Crippen LogP contribution in [0.2, 0.25) is 0 Å². The van der Waals surface area contributed by atoms with Crippen LogP contribution in [0.3, 0.4) is 0 Å². The van der Waals surface area contributed by atoms with Crippen LogP contribution in [0.25, 0.3) is 0 Å². The van der Waals surface area contributed by atoms with Crippen molar-refractivity contribution in [1.29, 1.82) is 0 Å². The minimum atomic E-state index is -0.802. The van der Waals surface area contributed by atoms with Gasteiger partial charge >= 0.3 is 17.9 Å². The number of carbonyl (C=O) groups is 3. The van der Waals surface area contributed by atoms with Crippen molar-refractivity contribution >= 4 is 17.9 Å². The average Bonchev–Trinajstić information content (AvgIpc) is 3.47. The molecule has 6 nitrogen and oxygen atoms in total. The third-order valence-corrected chi connectivity index (χ3v) is 15.6. The largest absolute Gasteiger partial charge is 0.462 e. The van der Waals surface area contributed by atoms with Gasteiger partial charge in [0, 0.05) is 19.3 Å². The maximum absolute atomic E-state index is 13.0. The van der Waals surface area contributed by atoms with Crippen molar-refractivity contribution in [3.63, 3.8) is 0 Å². The second kappa shape index (κ2) is 70.1.